The highest BCUT2D eigenvalue weighted by Crippen LogP contribution is 2.39. The number of nitro groups is 1. The van der Waals surface area contributed by atoms with Crippen LogP contribution in [0.25, 0.3) is 0 Å². The van der Waals surface area contributed by atoms with Gasteiger partial charge in [-0.25, -0.2) is 4.39 Å². The summed E-state index contributed by atoms with van der Waals surface area (Å²) >= 11 is 0. The molecule has 0 aliphatic rings. The van der Waals surface area contributed by atoms with Crippen LogP contribution in [-0.2, 0) is 0 Å². The van der Waals surface area contributed by atoms with E-state index in [1.807, 2.05) is 6.92 Å². The highest BCUT2D eigenvalue weighted by molar-refractivity contribution is 5.81. The quantitative estimate of drug-likeness (QED) is 0.669. The zero-order valence-corrected chi connectivity index (χ0v) is 11.8. The Morgan fingerprint density at radius 3 is 2.43 bits per heavy atom. The van der Waals surface area contributed by atoms with Gasteiger partial charge in [0.15, 0.2) is 0 Å². The minimum atomic E-state index is -0.454. The molecule has 0 unspecified atom stereocenters. The largest absolute Gasteiger partial charge is 0.382 e. The van der Waals surface area contributed by atoms with Crippen LogP contribution in [0.1, 0.15) is 6.92 Å². The van der Waals surface area contributed by atoms with Crippen molar-refractivity contribution in [3.8, 4) is 0 Å². The van der Waals surface area contributed by atoms with Gasteiger partial charge in [-0.2, -0.15) is 0 Å². The maximum atomic E-state index is 14.0. The van der Waals surface area contributed by atoms with E-state index in [-0.39, 0.29) is 5.69 Å². The second-order valence-corrected chi connectivity index (χ2v) is 4.38. The average molecular weight is 289 g/mol. The molecule has 0 heterocycles. The number of benzene rings is 2. The summed E-state index contributed by atoms with van der Waals surface area (Å²) in [5, 5.41) is 14.2. The van der Waals surface area contributed by atoms with Crippen LogP contribution in [0.2, 0.25) is 0 Å². The Balaban J connectivity index is 2.63. The van der Waals surface area contributed by atoms with E-state index < -0.39 is 10.7 Å². The third-order valence-electron chi connectivity index (χ3n) is 3.22. The summed E-state index contributed by atoms with van der Waals surface area (Å²) in [7, 11) is 1.62. The van der Waals surface area contributed by atoms with Crippen LogP contribution < -0.4 is 10.2 Å². The molecule has 0 atom stereocenters. The summed E-state index contributed by atoms with van der Waals surface area (Å²) in [6, 6.07) is 11.2. The number of para-hydroxylation sites is 2. The van der Waals surface area contributed by atoms with Gasteiger partial charge in [-0.15, -0.1) is 0 Å². The lowest BCUT2D eigenvalue weighted by Crippen LogP contribution is -2.19. The molecule has 0 saturated carbocycles. The monoisotopic (exact) mass is 289 g/mol. The number of rotatable bonds is 5. The molecule has 5 nitrogen and oxygen atoms in total. The van der Waals surface area contributed by atoms with Crippen LogP contribution in [0.3, 0.4) is 0 Å². The summed E-state index contributed by atoms with van der Waals surface area (Å²) in [5.74, 6) is -0.413. The zero-order chi connectivity index (χ0) is 15.4. The van der Waals surface area contributed by atoms with Crippen molar-refractivity contribution in [3.63, 3.8) is 0 Å². The number of halogens is 1. The minimum absolute atomic E-state index is 0.0647. The summed E-state index contributed by atoms with van der Waals surface area (Å²) in [6.45, 7) is 2.23. The molecule has 6 heteroatoms. The van der Waals surface area contributed by atoms with E-state index >= 15 is 0 Å². The van der Waals surface area contributed by atoms with E-state index in [9.17, 15) is 14.5 Å². The van der Waals surface area contributed by atoms with Crippen molar-refractivity contribution < 1.29 is 9.31 Å². The van der Waals surface area contributed by atoms with Crippen LogP contribution in [-0.4, -0.2) is 18.5 Å². The molecular weight excluding hydrogens is 273 g/mol. The molecule has 21 heavy (non-hydrogen) atoms. The van der Waals surface area contributed by atoms with Gasteiger partial charge in [0.05, 0.1) is 10.6 Å². The van der Waals surface area contributed by atoms with Crippen molar-refractivity contribution in [2.45, 2.75) is 6.92 Å². The Labute approximate surface area is 122 Å². The fraction of sp³-hybridized carbons (Fsp3) is 0.200. The Kier molecular flexibility index (Phi) is 4.37. The van der Waals surface area contributed by atoms with Crippen molar-refractivity contribution >= 4 is 22.7 Å². The fourth-order valence-corrected chi connectivity index (χ4v) is 2.28. The molecule has 110 valence electrons. The molecule has 0 aliphatic heterocycles. The van der Waals surface area contributed by atoms with Crippen LogP contribution in [0.15, 0.2) is 42.5 Å². The zero-order valence-electron chi connectivity index (χ0n) is 11.8. The molecule has 2 aromatic carbocycles. The smallest absolute Gasteiger partial charge is 0.315 e. The molecule has 0 aromatic heterocycles. The fourth-order valence-electron chi connectivity index (χ4n) is 2.28. The van der Waals surface area contributed by atoms with E-state index in [1.165, 1.54) is 6.07 Å². The lowest BCUT2D eigenvalue weighted by molar-refractivity contribution is -0.383. The Hall–Kier alpha value is -2.63. The highest BCUT2D eigenvalue weighted by atomic mass is 19.1. The van der Waals surface area contributed by atoms with E-state index in [1.54, 1.807) is 48.3 Å². The standard InChI is InChI=1S/C15H16FN3O2/c1-3-18(13-9-5-4-7-11(13)16)14-10-6-8-12(17-2)15(14)19(20)21/h4-10,17H,3H2,1-2H3. The van der Waals surface area contributed by atoms with Crippen molar-refractivity contribution in [3.05, 3.63) is 58.4 Å². The van der Waals surface area contributed by atoms with Gasteiger partial charge in [-0.3, -0.25) is 10.1 Å². The summed E-state index contributed by atoms with van der Waals surface area (Å²) < 4.78 is 14.0. The normalized spacial score (nSPS) is 10.2. The van der Waals surface area contributed by atoms with Gasteiger partial charge in [-0.05, 0) is 31.2 Å². The van der Waals surface area contributed by atoms with Gasteiger partial charge < -0.3 is 10.2 Å². The number of nitrogens with one attached hydrogen (secondary N) is 1. The summed E-state index contributed by atoms with van der Waals surface area (Å²) in [6.07, 6.45) is 0. The minimum Gasteiger partial charge on any atom is -0.382 e. The third kappa shape index (κ3) is 2.79. The third-order valence-corrected chi connectivity index (χ3v) is 3.22. The number of anilines is 3. The Bertz CT molecular complexity index is 661. The first-order chi connectivity index (χ1) is 10.1. The molecule has 1 N–H and O–H groups in total. The van der Waals surface area contributed by atoms with Gasteiger partial charge in [0, 0.05) is 13.6 Å². The first-order valence-corrected chi connectivity index (χ1v) is 6.57. The lowest BCUT2D eigenvalue weighted by Gasteiger charge is -2.24. The van der Waals surface area contributed by atoms with Gasteiger partial charge >= 0.3 is 5.69 Å². The molecule has 0 saturated heterocycles. The van der Waals surface area contributed by atoms with E-state index in [0.717, 1.165) is 0 Å². The molecular formula is C15H16FN3O2. The lowest BCUT2D eigenvalue weighted by atomic mass is 10.1. The van der Waals surface area contributed by atoms with E-state index in [2.05, 4.69) is 5.32 Å². The van der Waals surface area contributed by atoms with Crippen molar-refractivity contribution in [1.82, 2.24) is 0 Å². The molecule has 2 rings (SSSR count). The number of nitrogens with zero attached hydrogens (tertiary/aromatic N) is 2. The molecule has 0 fully saturated rings. The van der Waals surface area contributed by atoms with Crippen molar-refractivity contribution in [2.24, 2.45) is 0 Å². The van der Waals surface area contributed by atoms with Gasteiger partial charge in [-0.1, -0.05) is 18.2 Å². The number of hydrogen-bond donors (Lipinski definition) is 1. The maximum absolute atomic E-state index is 14.0. The van der Waals surface area contributed by atoms with E-state index in [0.29, 0.717) is 23.6 Å². The van der Waals surface area contributed by atoms with Crippen LogP contribution in [0.5, 0.6) is 0 Å². The second kappa shape index (κ2) is 6.21. The summed E-state index contributed by atoms with van der Waals surface area (Å²) in [5.41, 5.74) is 1.01. The molecule has 2 aromatic rings. The Morgan fingerprint density at radius 2 is 1.86 bits per heavy atom. The van der Waals surface area contributed by atoms with Crippen molar-refractivity contribution in [1.29, 1.82) is 0 Å². The first kappa shape index (κ1) is 14.8. The first-order valence-electron chi connectivity index (χ1n) is 6.57. The number of hydrogen-bond acceptors (Lipinski definition) is 4. The summed E-state index contributed by atoms with van der Waals surface area (Å²) in [4.78, 5) is 12.5. The van der Waals surface area contributed by atoms with Gasteiger partial charge in [0.2, 0.25) is 0 Å². The molecule has 0 radical (unpaired) electrons. The topological polar surface area (TPSA) is 58.4 Å². The second-order valence-electron chi connectivity index (χ2n) is 4.38. The predicted molar refractivity (Wildman–Crippen MR) is 81.7 cm³/mol. The molecule has 0 amide bonds. The molecule has 0 aliphatic carbocycles. The maximum Gasteiger partial charge on any atom is 0.315 e. The SMILES string of the molecule is CCN(c1ccccc1F)c1cccc(NC)c1[N+](=O)[O-]. The van der Waals surface area contributed by atoms with Crippen LogP contribution >= 0.6 is 0 Å². The van der Waals surface area contributed by atoms with Gasteiger partial charge in [0.1, 0.15) is 17.2 Å². The predicted octanol–water partition coefficient (Wildman–Crippen LogP) is 3.93. The van der Waals surface area contributed by atoms with Crippen LogP contribution in [0, 0.1) is 15.9 Å². The van der Waals surface area contributed by atoms with Crippen LogP contribution in [0.4, 0.5) is 27.1 Å². The Morgan fingerprint density at radius 1 is 1.19 bits per heavy atom. The van der Waals surface area contributed by atoms with Gasteiger partial charge in [0.25, 0.3) is 0 Å². The molecule has 0 spiro atoms. The average Bonchev–Trinajstić information content (AvgIpc) is 2.49. The van der Waals surface area contributed by atoms with Crippen molar-refractivity contribution in [2.75, 3.05) is 23.8 Å². The molecule has 0 bridgehead atoms. The highest BCUT2D eigenvalue weighted by Gasteiger charge is 2.24. The number of nitro benzene ring substituents is 1. The van der Waals surface area contributed by atoms with E-state index in [4.69, 9.17) is 0 Å².